The van der Waals surface area contributed by atoms with Crippen molar-refractivity contribution in [1.82, 2.24) is 5.32 Å². The van der Waals surface area contributed by atoms with Gasteiger partial charge in [-0.2, -0.15) is 0 Å². The highest BCUT2D eigenvalue weighted by atomic mass is 32.2. The number of ether oxygens (including phenoxy) is 3. The first-order valence-corrected chi connectivity index (χ1v) is 14.3. The molecule has 1 heterocycles. The van der Waals surface area contributed by atoms with Gasteiger partial charge in [-0.05, 0) is 80.5 Å². The van der Waals surface area contributed by atoms with Gasteiger partial charge in [0, 0.05) is 11.6 Å². The van der Waals surface area contributed by atoms with E-state index in [1.165, 1.54) is 49.6 Å². The summed E-state index contributed by atoms with van der Waals surface area (Å²) in [7, 11) is -4.04. The number of benzene rings is 2. The molecule has 0 spiro atoms. The summed E-state index contributed by atoms with van der Waals surface area (Å²) in [5.41, 5.74) is -0.0924. The number of fused-ring (bicyclic) bond motifs is 1. The number of rotatable bonds is 7. The minimum atomic E-state index is -4.04. The Bertz CT molecular complexity index is 1300. The second-order valence-corrected chi connectivity index (χ2v) is 12.5. The summed E-state index contributed by atoms with van der Waals surface area (Å²) in [5, 5.41) is 3.18. The molecular weight excluding hydrogens is 496 g/mol. The number of hydrogen-bond acceptors (Lipinski definition) is 7. The highest BCUT2D eigenvalue weighted by molar-refractivity contribution is 7.92. The van der Waals surface area contributed by atoms with Gasteiger partial charge in [0.1, 0.15) is 13.2 Å². The molecule has 5 aliphatic rings. The van der Waals surface area contributed by atoms with E-state index in [2.05, 4.69) is 10.0 Å². The molecule has 4 aliphatic carbocycles. The zero-order valence-corrected chi connectivity index (χ0v) is 21.2. The number of carbonyl (C=O) groups is 2. The zero-order chi connectivity index (χ0) is 25.6. The lowest BCUT2D eigenvalue weighted by Gasteiger charge is -2.56. The summed E-state index contributed by atoms with van der Waals surface area (Å²) in [5.74, 6) is 1.77. The largest absolute Gasteiger partial charge is 0.486 e. The van der Waals surface area contributed by atoms with Gasteiger partial charge in [-0.1, -0.05) is 12.1 Å². The molecule has 37 heavy (non-hydrogen) atoms. The van der Waals surface area contributed by atoms with E-state index >= 15 is 0 Å². The second kappa shape index (κ2) is 9.24. The van der Waals surface area contributed by atoms with Crippen molar-refractivity contribution < 1.29 is 32.2 Å². The fourth-order valence-electron chi connectivity index (χ4n) is 6.95. The minimum absolute atomic E-state index is 0.0197. The standard InChI is InChI=1S/C27H30N2O7S/c30-25(28-27-13-17-9-18(14-27)11-19(10-17)15-27)16-36-26(31)21-3-1-2-4-22(21)29-37(32,33)20-5-6-23-24(12-20)35-8-7-34-23/h1-6,12,17-19,29H,7-11,13-16H2,(H,28,30). The van der Waals surface area contributed by atoms with E-state index in [0.29, 0.717) is 42.5 Å². The molecule has 7 rings (SSSR count). The Morgan fingerprint density at radius 3 is 2.27 bits per heavy atom. The Balaban J connectivity index is 1.11. The summed E-state index contributed by atoms with van der Waals surface area (Å²) < 4.78 is 44.8. The molecule has 1 amide bonds. The molecule has 9 nitrogen and oxygen atoms in total. The number of hydrogen-bond donors (Lipinski definition) is 2. The molecule has 196 valence electrons. The SMILES string of the molecule is O=C(COC(=O)c1ccccc1NS(=O)(=O)c1ccc2c(c1)OCCO2)NC12CC3CC(CC(C3)C1)C2. The number of carbonyl (C=O) groups excluding carboxylic acids is 2. The summed E-state index contributed by atoms with van der Waals surface area (Å²) >= 11 is 0. The molecular formula is C27H30N2O7S. The second-order valence-electron chi connectivity index (χ2n) is 10.8. The highest BCUT2D eigenvalue weighted by Gasteiger charge is 2.51. The first-order valence-electron chi connectivity index (χ1n) is 12.8. The smallest absolute Gasteiger partial charge is 0.340 e. The van der Waals surface area contributed by atoms with Crippen LogP contribution in [0.25, 0.3) is 0 Å². The first-order chi connectivity index (χ1) is 17.8. The van der Waals surface area contributed by atoms with Crippen LogP contribution in [0.2, 0.25) is 0 Å². The van der Waals surface area contributed by atoms with Crippen molar-refractivity contribution in [2.24, 2.45) is 17.8 Å². The maximum Gasteiger partial charge on any atom is 0.340 e. The van der Waals surface area contributed by atoms with Gasteiger partial charge in [0.2, 0.25) is 0 Å². The fraction of sp³-hybridized carbons (Fsp3) is 0.481. The topological polar surface area (TPSA) is 120 Å². The lowest BCUT2D eigenvalue weighted by molar-refractivity contribution is -0.130. The number of para-hydroxylation sites is 1. The van der Waals surface area contributed by atoms with E-state index in [-0.39, 0.29) is 27.6 Å². The Kier molecular flexibility index (Phi) is 6.01. The van der Waals surface area contributed by atoms with Gasteiger partial charge in [-0.25, -0.2) is 13.2 Å². The normalized spacial score (nSPS) is 27.4. The summed E-state index contributed by atoms with van der Waals surface area (Å²) in [6, 6.07) is 10.5. The molecule has 0 radical (unpaired) electrons. The number of nitrogens with one attached hydrogen (secondary N) is 2. The molecule has 10 heteroatoms. The van der Waals surface area contributed by atoms with Crippen molar-refractivity contribution in [2.45, 2.75) is 49.0 Å². The molecule has 0 atom stereocenters. The van der Waals surface area contributed by atoms with Crippen LogP contribution in [-0.2, 0) is 19.6 Å². The van der Waals surface area contributed by atoms with E-state index in [9.17, 15) is 18.0 Å². The van der Waals surface area contributed by atoms with Crippen LogP contribution in [0.3, 0.4) is 0 Å². The van der Waals surface area contributed by atoms with E-state index in [1.807, 2.05) is 0 Å². The minimum Gasteiger partial charge on any atom is -0.486 e. The van der Waals surface area contributed by atoms with Crippen molar-refractivity contribution in [3.63, 3.8) is 0 Å². The Hall–Kier alpha value is -3.27. The van der Waals surface area contributed by atoms with Crippen LogP contribution in [0.4, 0.5) is 5.69 Å². The third-order valence-corrected chi connectivity index (χ3v) is 9.36. The molecule has 2 N–H and O–H groups in total. The van der Waals surface area contributed by atoms with Gasteiger partial charge < -0.3 is 19.5 Å². The maximum absolute atomic E-state index is 13.1. The molecule has 2 aromatic carbocycles. The van der Waals surface area contributed by atoms with Gasteiger partial charge in [0.25, 0.3) is 15.9 Å². The van der Waals surface area contributed by atoms with Crippen LogP contribution in [0, 0.1) is 17.8 Å². The summed E-state index contributed by atoms with van der Waals surface area (Å²) in [4.78, 5) is 25.6. The van der Waals surface area contributed by atoms with Crippen molar-refractivity contribution >= 4 is 27.6 Å². The lowest BCUT2D eigenvalue weighted by Crippen LogP contribution is -2.60. The number of anilines is 1. The molecule has 1 aliphatic heterocycles. The van der Waals surface area contributed by atoms with Gasteiger partial charge >= 0.3 is 5.97 Å². The lowest BCUT2D eigenvalue weighted by atomic mass is 9.53. The number of sulfonamides is 1. The van der Waals surface area contributed by atoms with E-state index < -0.39 is 22.6 Å². The number of esters is 1. The molecule has 0 saturated heterocycles. The van der Waals surface area contributed by atoms with Crippen molar-refractivity contribution in [3.05, 3.63) is 48.0 Å². The quantitative estimate of drug-likeness (QED) is 0.530. The average molecular weight is 527 g/mol. The van der Waals surface area contributed by atoms with Crippen LogP contribution >= 0.6 is 0 Å². The summed E-state index contributed by atoms with van der Waals surface area (Å²) in [6.07, 6.45) is 6.81. The number of amides is 1. The van der Waals surface area contributed by atoms with Gasteiger partial charge in [-0.15, -0.1) is 0 Å². The van der Waals surface area contributed by atoms with Crippen LogP contribution in [-0.4, -0.2) is 45.7 Å². The third-order valence-electron chi connectivity index (χ3n) is 7.99. The Morgan fingerprint density at radius 2 is 1.57 bits per heavy atom. The van der Waals surface area contributed by atoms with Crippen LogP contribution in [0.15, 0.2) is 47.4 Å². The van der Waals surface area contributed by atoms with Gasteiger partial charge in [0.05, 0.1) is 16.1 Å². The molecule has 4 fully saturated rings. The monoisotopic (exact) mass is 526 g/mol. The van der Waals surface area contributed by atoms with Gasteiger partial charge in [0.15, 0.2) is 18.1 Å². The molecule has 0 aromatic heterocycles. The van der Waals surface area contributed by atoms with E-state index in [4.69, 9.17) is 14.2 Å². The van der Waals surface area contributed by atoms with Crippen molar-refractivity contribution in [3.8, 4) is 11.5 Å². The highest BCUT2D eigenvalue weighted by Crippen LogP contribution is 2.55. The molecule has 2 aromatic rings. The van der Waals surface area contributed by atoms with Crippen LogP contribution < -0.4 is 19.5 Å². The van der Waals surface area contributed by atoms with E-state index in [0.717, 1.165) is 19.3 Å². The predicted octanol–water partition coefficient (Wildman–Crippen LogP) is 3.50. The molecule has 4 bridgehead atoms. The van der Waals surface area contributed by atoms with Crippen LogP contribution in [0.1, 0.15) is 48.9 Å². The zero-order valence-electron chi connectivity index (χ0n) is 20.4. The van der Waals surface area contributed by atoms with Crippen molar-refractivity contribution in [1.29, 1.82) is 0 Å². The molecule has 0 unspecified atom stereocenters. The Labute approximate surface area is 215 Å². The van der Waals surface area contributed by atoms with Gasteiger partial charge in [-0.3, -0.25) is 9.52 Å². The van der Waals surface area contributed by atoms with Crippen LogP contribution in [0.5, 0.6) is 11.5 Å². The summed E-state index contributed by atoms with van der Waals surface area (Å²) in [6.45, 7) is 0.312. The predicted molar refractivity (Wildman–Crippen MR) is 134 cm³/mol. The fourth-order valence-corrected chi connectivity index (χ4v) is 8.04. The van der Waals surface area contributed by atoms with Crippen molar-refractivity contribution in [2.75, 3.05) is 24.5 Å². The van der Waals surface area contributed by atoms with E-state index in [1.54, 1.807) is 12.1 Å². The Morgan fingerprint density at radius 1 is 0.919 bits per heavy atom. The maximum atomic E-state index is 13.1. The third kappa shape index (κ3) is 4.86. The first kappa shape index (κ1) is 24.1. The molecule has 4 saturated carbocycles. The average Bonchev–Trinajstić information content (AvgIpc) is 2.86.